The molecule has 4 heterocycles. The van der Waals surface area contributed by atoms with Gasteiger partial charge in [0.25, 0.3) is 0 Å². The van der Waals surface area contributed by atoms with Crippen LogP contribution in [-0.2, 0) is 14.3 Å². The van der Waals surface area contributed by atoms with E-state index in [2.05, 4.69) is 27.9 Å². The molecule has 3 N–H and O–H groups in total. The molecule has 0 bridgehead atoms. The largest absolute Gasteiger partial charge is 0.376 e. The van der Waals surface area contributed by atoms with Crippen LogP contribution >= 0.6 is 23.5 Å². The number of thioether (sulfide) groups is 2. The van der Waals surface area contributed by atoms with E-state index in [4.69, 9.17) is 4.74 Å². The SMILES string of the molecule is CN1CCC2SC(C(=O)NC3SCCC3C(=O)NCC3CCCO3)NC2C1. The zero-order valence-corrected chi connectivity index (χ0v) is 17.4. The standard InChI is InChI=1S/C18H30N4O3S2/c1-22-6-4-14-13(10-22)20-18(27-14)16(24)21-17-12(5-8-26-17)15(23)19-9-11-3-2-7-25-11/h11-14,17-18,20H,2-10H2,1H3,(H,19,23)(H,21,24). The molecule has 0 spiro atoms. The lowest BCUT2D eigenvalue weighted by atomic mass is 10.1. The minimum atomic E-state index is -0.205. The fraction of sp³-hybridized carbons (Fsp3) is 0.889. The number of ether oxygens (including phenoxy) is 1. The van der Waals surface area contributed by atoms with Crippen molar-refractivity contribution in [1.82, 2.24) is 20.9 Å². The summed E-state index contributed by atoms with van der Waals surface area (Å²) in [6.45, 7) is 3.46. The first-order valence-corrected chi connectivity index (χ1v) is 12.0. The molecule has 0 radical (unpaired) electrons. The van der Waals surface area contributed by atoms with E-state index in [1.165, 1.54) is 0 Å². The van der Waals surface area contributed by atoms with Crippen molar-refractivity contribution in [3.8, 4) is 0 Å². The van der Waals surface area contributed by atoms with Gasteiger partial charge in [-0.1, -0.05) is 0 Å². The summed E-state index contributed by atoms with van der Waals surface area (Å²) in [5.41, 5.74) is 0. The molecule has 4 fully saturated rings. The van der Waals surface area contributed by atoms with Crippen LogP contribution in [0.15, 0.2) is 0 Å². The number of nitrogens with one attached hydrogen (secondary N) is 3. The van der Waals surface area contributed by atoms with Crippen LogP contribution in [0.2, 0.25) is 0 Å². The van der Waals surface area contributed by atoms with Crippen LogP contribution in [0.3, 0.4) is 0 Å². The molecule has 0 aromatic rings. The Morgan fingerprint density at radius 3 is 2.96 bits per heavy atom. The summed E-state index contributed by atoms with van der Waals surface area (Å²) >= 11 is 3.43. The van der Waals surface area contributed by atoms with Gasteiger partial charge in [0, 0.05) is 31.0 Å². The first-order chi connectivity index (χ1) is 13.1. The summed E-state index contributed by atoms with van der Waals surface area (Å²) in [6, 6.07) is 0.381. The monoisotopic (exact) mass is 414 g/mol. The van der Waals surface area contributed by atoms with Crippen LogP contribution in [-0.4, -0.2) is 83.9 Å². The van der Waals surface area contributed by atoms with Crippen molar-refractivity contribution < 1.29 is 14.3 Å². The predicted octanol–water partition coefficient (Wildman–Crippen LogP) is 0.212. The molecule has 4 aliphatic rings. The van der Waals surface area contributed by atoms with Gasteiger partial charge in [-0.15, -0.1) is 23.5 Å². The van der Waals surface area contributed by atoms with Gasteiger partial charge < -0.3 is 20.3 Å². The summed E-state index contributed by atoms with van der Waals surface area (Å²) in [5.74, 6) is 0.821. The first kappa shape index (κ1) is 19.8. The zero-order chi connectivity index (χ0) is 18.8. The van der Waals surface area contributed by atoms with E-state index in [9.17, 15) is 9.59 Å². The van der Waals surface area contributed by atoms with E-state index >= 15 is 0 Å². The second-order valence-corrected chi connectivity index (χ2v) is 10.6. The van der Waals surface area contributed by atoms with Crippen LogP contribution in [0.1, 0.15) is 25.7 Å². The maximum atomic E-state index is 12.8. The third-order valence-corrected chi connectivity index (χ3v) is 8.72. The number of carbonyl (C=O) groups is 2. The van der Waals surface area contributed by atoms with E-state index in [1.54, 1.807) is 23.5 Å². The lowest BCUT2D eigenvalue weighted by Gasteiger charge is -2.31. The Balaban J connectivity index is 1.26. The molecule has 0 saturated carbocycles. The van der Waals surface area contributed by atoms with Crippen LogP contribution in [0.4, 0.5) is 0 Å². The lowest BCUT2D eigenvalue weighted by molar-refractivity contribution is -0.126. The van der Waals surface area contributed by atoms with Crippen LogP contribution in [0.5, 0.6) is 0 Å². The topological polar surface area (TPSA) is 82.7 Å². The highest BCUT2D eigenvalue weighted by Gasteiger charge is 2.42. The predicted molar refractivity (Wildman–Crippen MR) is 109 cm³/mol. The molecule has 6 atom stereocenters. The van der Waals surface area contributed by atoms with E-state index in [0.29, 0.717) is 17.8 Å². The second-order valence-electron chi connectivity index (χ2n) is 7.95. The molecule has 6 unspecified atom stereocenters. The minimum Gasteiger partial charge on any atom is -0.376 e. The number of fused-ring (bicyclic) bond motifs is 1. The molecule has 2 amide bonds. The summed E-state index contributed by atoms with van der Waals surface area (Å²) in [7, 11) is 2.13. The highest BCUT2D eigenvalue weighted by atomic mass is 32.2. The third kappa shape index (κ3) is 4.75. The lowest BCUT2D eigenvalue weighted by Crippen LogP contribution is -2.51. The van der Waals surface area contributed by atoms with Gasteiger partial charge in [0.1, 0.15) is 5.37 Å². The maximum Gasteiger partial charge on any atom is 0.248 e. The third-order valence-electron chi connectivity index (χ3n) is 5.91. The van der Waals surface area contributed by atoms with E-state index in [1.807, 2.05) is 0 Å². The molecule has 4 aliphatic heterocycles. The Bertz CT molecular complexity index is 561. The van der Waals surface area contributed by atoms with Crippen molar-refractivity contribution in [2.45, 2.75) is 53.8 Å². The van der Waals surface area contributed by atoms with Crippen LogP contribution < -0.4 is 16.0 Å². The smallest absolute Gasteiger partial charge is 0.248 e. The molecule has 0 aromatic carbocycles. The van der Waals surface area contributed by atoms with E-state index in [0.717, 1.165) is 51.1 Å². The molecule has 4 saturated heterocycles. The number of piperidine rings is 1. The van der Waals surface area contributed by atoms with Crippen molar-refractivity contribution in [1.29, 1.82) is 0 Å². The summed E-state index contributed by atoms with van der Waals surface area (Å²) < 4.78 is 5.57. The van der Waals surface area contributed by atoms with Gasteiger partial charge in [0.05, 0.1) is 17.4 Å². The second kappa shape index (κ2) is 8.90. The number of carbonyl (C=O) groups excluding carboxylic acids is 2. The Morgan fingerprint density at radius 2 is 2.15 bits per heavy atom. The number of likely N-dealkylation sites (N-methyl/N-ethyl adjacent to an activating group) is 1. The van der Waals surface area contributed by atoms with Gasteiger partial charge in [0.15, 0.2) is 0 Å². The van der Waals surface area contributed by atoms with Crippen molar-refractivity contribution in [2.75, 3.05) is 39.0 Å². The number of likely N-dealkylation sites (tertiary alicyclic amines) is 1. The summed E-state index contributed by atoms with van der Waals surface area (Å²) in [4.78, 5) is 27.7. The summed E-state index contributed by atoms with van der Waals surface area (Å²) in [5, 5.41) is 9.83. The number of nitrogens with zero attached hydrogens (tertiary/aromatic N) is 1. The molecule has 0 aromatic heterocycles. The normalized spacial score (nSPS) is 39.3. The number of amides is 2. The Kier molecular flexibility index (Phi) is 6.53. The van der Waals surface area contributed by atoms with E-state index < -0.39 is 0 Å². The fourth-order valence-electron chi connectivity index (χ4n) is 4.33. The number of rotatable bonds is 5. The quantitative estimate of drug-likeness (QED) is 0.593. The summed E-state index contributed by atoms with van der Waals surface area (Å²) in [6.07, 6.45) is 4.17. The number of hydrogen-bond acceptors (Lipinski definition) is 7. The van der Waals surface area contributed by atoms with Gasteiger partial charge in [0.2, 0.25) is 11.8 Å². The van der Waals surface area contributed by atoms with Crippen LogP contribution in [0, 0.1) is 5.92 Å². The Hall–Kier alpha value is -0.480. The van der Waals surface area contributed by atoms with Gasteiger partial charge in [-0.2, -0.15) is 0 Å². The molecule has 0 aliphatic carbocycles. The maximum absolute atomic E-state index is 12.8. The van der Waals surface area contributed by atoms with Crippen molar-refractivity contribution in [2.24, 2.45) is 5.92 Å². The Morgan fingerprint density at radius 1 is 1.26 bits per heavy atom. The van der Waals surface area contributed by atoms with E-state index in [-0.39, 0.29) is 34.6 Å². The van der Waals surface area contributed by atoms with Gasteiger partial charge in [-0.3, -0.25) is 14.9 Å². The average molecular weight is 415 g/mol. The molecule has 152 valence electrons. The van der Waals surface area contributed by atoms with Crippen LogP contribution in [0.25, 0.3) is 0 Å². The van der Waals surface area contributed by atoms with Gasteiger partial charge >= 0.3 is 0 Å². The zero-order valence-electron chi connectivity index (χ0n) is 15.8. The molecular weight excluding hydrogens is 384 g/mol. The molecule has 9 heteroatoms. The van der Waals surface area contributed by atoms with Crippen molar-refractivity contribution in [3.63, 3.8) is 0 Å². The van der Waals surface area contributed by atoms with Gasteiger partial charge in [-0.05, 0) is 45.0 Å². The highest BCUT2D eigenvalue weighted by molar-refractivity contribution is 8.01. The highest BCUT2D eigenvalue weighted by Crippen LogP contribution is 2.35. The number of hydrogen-bond donors (Lipinski definition) is 3. The first-order valence-electron chi connectivity index (χ1n) is 10.0. The fourth-order valence-corrected chi connectivity index (χ4v) is 7.06. The molecule has 7 nitrogen and oxygen atoms in total. The van der Waals surface area contributed by atoms with Gasteiger partial charge in [-0.25, -0.2) is 0 Å². The van der Waals surface area contributed by atoms with Crippen molar-refractivity contribution >= 4 is 35.3 Å². The average Bonchev–Trinajstić information content (AvgIpc) is 3.39. The Labute approximate surface area is 169 Å². The molecule has 27 heavy (non-hydrogen) atoms. The molecule has 4 rings (SSSR count). The van der Waals surface area contributed by atoms with Crippen molar-refractivity contribution in [3.05, 3.63) is 0 Å². The minimum absolute atomic E-state index is 0.0216. The molecular formula is C18H30N4O3S2.